The van der Waals surface area contributed by atoms with Crippen molar-refractivity contribution in [2.45, 2.75) is 11.8 Å². The van der Waals surface area contributed by atoms with Gasteiger partial charge in [0.2, 0.25) is 0 Å². The Bertz CT molecular complexity index is 1040. The summed E-state index contributed by atoms with van der Waals surface area (Å²) in [5.41, 5.74) is 1.77. The van der Waals surface area contributed by atoms with Crippen molar-refractivity contribution in [1.29, 1.82) is 0 Å². The SMILES string of the molecule is Cc1nccc(-c2cccc(NS(=O)(=O)c3ccc(F)c(Cl)c3)c2)n1. The van der Waals surface area contributed by atoms with Crippen LogP contribution in [-0.2, 0) is 10.0 Å². The third-order valence-corrected chi connectivity index (χ3v) is 5.06. The molecule has 0 atom stereocenters. The number of benzene rings is 2. The fourth-order valence-electron chi connectivity index (χ4n) is 2.22. The average Bonchev–Trinajstić information content (AvgIpc) is 2.57. The van der Waals surface area contributed by atoms with E-state index in [9.17, 15) is 12.8 Å². The van der Waals surface area contributed by atoms with Crippen molar-refractivity contribution in [2.75, 3.05) is 4.72 Å². The number of nitrogens with zero attached hydrogens (tertiary/aromatic N) is 2. The van der Waals surface area contributed by atoms with Gasteiger partial charge < -0.3 is 0 Å². The largest absolute Gasteiger partial charge is 0.280 e. The van der Waals surface area contributed by atoms with E-state index < -0.39 is 15.8 Å². The summed E-state index contributed by atoms with van der Waals surface area (Å²) < 4.78 is 40.6. The summed E-state index contributed by atoms with van der Waals surface area (Å²) in [4.78, 5) is 8.23. The van der Waals surface area contributed by atoms with E-state index in [2.05, 4.69) is 14.7 Å². The van der Waals surface area contributed by atoms with Gasteiger partial charge >= 0.3 is 0 Å². The third kappa shape index (κ3) is 3.94. The van der Waals surface area contributed by atoms with E-state index in [1.807, 2.05) is 6.07 Å². The van der Waals surface area contributed by atoms with Gasteiger partial charge in [-0.2, -0.15) is 0 Å². The first-order valence-electron chi connectivity index (χ1n) is 7.23. The predicted molar refractivity (Wildman–Crippen MR) is 94.4 cm³/mol. The molecule has 5 nitrogen and oxygen atoms in total. The third-order valence-electron chi connectivity index (χ3n) is 3.39. The number of aryl methyl sites for hydroxylation is 1. The number of aromatic nitrogens is 2. The van der Waals surface area contributed by atoms with E-state index in [1.54, 1.807) is 37.4 Å². The lowest BCUT2D eigenvalue weighted by Crippen LogP contribution is -2.13. The molecule has 0 aliphatic heterocycles. The molecule has 0 unspecified atom stereocenters. The Hall–Kier alpha value is -2.51. The Morgan fingerprint density at radius 1 is 1.12 bits per heavy atom. The van der Waals surface area contributed by atoms with Gasteiger partial charge in [0.25, 0.3) is 10.0 Å². The Labute approximate surface area is 149 Å². The number of anilines is 1. The molecule has 0 saturated carbocycles. The molecule has 128 valence electrons. The maximum Gasteiger partial charge on any atom is 0.261 e. The highest BCUT2D eigenvalue weighted by Crippen LogP contribution is 2.24. The normalized spacial score (nSPS) is 11.3. The number of hydrogen-bond acceptors (Lipinski definition) is 4. The van der Waals surface area contributed by atoms with Gasteiger partial charge in [0, 0.05) is 17.4 Å². The summed E-state index contributed by atoms with van der Waals surface area (Å²) in [6.45, 7) is 1.77. The van der Waals surface area contributed by atoms with Crippen molar-refractivity contribution in [2.24, 2.45) is 0 Å². The molecule has 0 fully saturated rings. The van der Waals surface area contributed by atoms with Crippen molar-refractivity contribution >= 4 is 27.3 Å². The zero-order valence-corrected chi connectivity index (χ0v) is 14.6. The fraction of sp³-hybridized carbons (Fsp3) is 0.0588. The molecule has 3 aromatic rings. The van der Waals surface area contributed by atoms with Crippen molar-refractivity contribution in [3.63, 3.8) is 0 Å². The number of halogens is 2. The maximum atomic E-state index is 13.2. The lowest BCUT2D eigenvalue weighted by atomic mass is 10.1. The van der Waals surface area contributed by atoms with E-state index in [1.165, 1.54) is 0 Å². The first-order valence-corrected chi connectivity index (χ1v) is 9.09. The summed E-state index contributed by atoms with van der Waals surface area (Å²) in [5, 5.41) is -0.256. The maximum absolute atomic E-state index is 13.2. The molecule has 0 saturated heterocycles. The summed E-state index contributed by atoms with van der Waals surface area (Å²) >= 11 is 5.66. The van der Waals surface area contributed by atoms with Gasteiger partial charge in [-0.15, -0.1) is 0 Å². The Morgan fingerprint density at radius 3 is 2.64 bits per heavy atom. The van der Waals surface area contributed by atoms with Gasteiger partial charge in [-0.3, -0.25) is 4.72 Å². The van der Waals surface area contributed by atoms with E-state index in [0.717, 1.165) is 23.8 Å². The van der Waals surface area contributed by atoms with Crippen molar-refractivity contribution in [3.8, 4) is 11.3 Å². The highest BCUT2D eigenvalue weighted by Gasteiger charge is 2.16. The zero-order chi connectivity index (χ0) is 18.0. The predicted octanol–water partition coefficient (Wildman–Crippen LogP) is 4.05. The number of hydrogen-bond donors (Lipinski definition) is 1. The number of rotatable bonds is 4. The first kappa shape index (κ1) is 17.3. The summed E-state index contributed by atoms with van der Waals surface area (Å²) in [7, 11) is -3.89. The zero-order valence-electron chi connectivity index (χ0n) is 13.1. The van der Waals surface area contributed by atoms with Crippen LogP contribution in [0.3, 0.4) is 0 Å². The first-order chi connectivity index (χ1) is 11.8. The summed E-state index contributed by atoms with van der Waals surface area (Å²) in [5.74, 6) is -0.0637. The summed E-state index contributed by atoms with van der Waals surface area (Å²) in [6, 6.07) is 11.8. The van der Waals surface area contributed by atoms with Gasteiger partial charge in [-0.25, -0.2) is 22.8 Å². The second-order valence-electron chi connectivity index (χ2n) is 5.25. The molecule has 2 aromatic carbocycles. The molecule has 8 heteroatoms. The van der Waals surface area contributed by atoms with Crippen LogP contribution in [0.1, 0.15) is 5.82 Å². The van der Waals surface area contributed by atoms with Crippen LogP contribution in [0.5, 0.6) is 0 Å². The van der Waals surface area contributed by atoms with E-state index >= 15 is 0 Å². The molecule has 25 heavy (non-hydrogen) atoms. The molecule has 1 heterocycles. The number of sulfonamides is 1. The number of nitrogens with one attached hydrogen (secondary N) is 1. The van der Waals surface area contributed by atoms with Crippen LogP contribution in [0.25, 0.3) is 11.3 Å². The Kier molecular flexibility index (Phi) is 4.69. The topological polar surface area (TPSA) is 72.0 Å². The van der Waals surface area contributed by atoms with Gasteiger partial charge in [0.15, 0.2) is 0 Å². The quantitative estimate of drug-likeness (QED) is 0.744. The molecule has 0 aliphatic rings. The highest BCUT2D eigenvalue weighted by molar-refractivity contribution is 7.92. The van der Waals surface area contributed by atoms with E-state index in [0.29, 0.717) is 17.2 Å². The second kappa shape index (κ2) is 6.78. The monoisotopic (exact) mass is 377 g/mol. The molecule has 0 radical (unpaired) electrons. The summed E-state index contributed by atoms with van der Waals surface area (Å²) in [6.07, 6.45) is 1.63. The van der Waals surface area contributed by atoms with Crippen LogP contribution in [0, 0.1) is 12.7 Å². The minimum Gasteiger partial charge on any atom is -0.280 e. The van der Waals surface area contributed by atoms with Gasteiger partial charge in [0.05, 0.1) is 15.6 Å². The Balaban J connectivity index is 1.92. The minimum absolute atomic E-state index is 0.123. The molecule has 1 aromatic heterocycles. The van der Waals surface area contributed by atoms with Gasteiger partial charge in [-0.1, -0.05) is 23.7 Å². The van der Waals surface area contributed by atoms with Crippen LogP contribution in [0.2, 0.25) is 5.02 Å². The lowest BCUT2D eigenvalue weighted by Gasteiger charge is -2.10. The molecular formula is C17H13ClFN3O2S. The standard InChI is InChI=1S/C17H13ClFN3O2S/c1-11-20-8-7-17(21-11)12-3-2-4-13(9-12)22-25(23,24)14-5-6-16(19)15(18)10-14/h2-10,22H,1H3. The van der Waals surface area contributed by atoms with E-state index in [4.69, 9.17) is 11.6 Å². The molecule has 0 spiro atoms. The highest BCUT2D eigenvalue weighted by atomic mass is 35.5. The van der Waals surface area contributed by atoms with E-state index in [-0.39, 0.29) is 9.92 Å². The van der Waals surface area contributed by atoms with Crippen molar-refractivity contribution < 1.29 is 12.8 Å². The van der Waals surface area contributed by atoms with Crippen molar-refractivity contribution in [3.05, 3.63) is 71.4 Å². The van der Waals surface area contributed by atoms with Crippen LogP contribution in [0.4, 0.5) is 10.1 Å². The average molecular weight is 378 g/mol. The molecular weight excluding hydrogens is 365 g/mol. The Morgan fingerprint density at radius 2 is 1.92 bits per heavy atom. The van der Waals surface area contributed by atoms with Crippen LogP contribution in [0.15, 0.2) is 59.6 Å². The van der Waals surface area contributed by atoms with Crippen LogP contribution >= 0.6 is 11.6 Å². The molecule has 0 amide bonds. The van der Waals surface area contributed by atoms with Crippen LogP contribution < -0.4 is 4.72 Å². The smallest absolute Gasteiger partial charge is 0.261 e. The van der Waals surface area contributed by atoms with Gasteiger partial charge in [-0.05, 0) is 43.3 Å². The van der Waals surface area contributed by atoms with Gasteiger partial charge in [0.1, 0.15) is 11.6 Å². The van der Waals surface area contributed by atoms with Crippen LogP contribution in [-0.4, -0.2) is 18.4 Å². The molecule has 1 N–H and O–H groups in total. The molecule has 0 aliphatic carbocycles. The van der Waals surface area contributed by atoms with Crippen molar-refractivity contribution in [1.82, 2.24) is 9.97 Å². The molecule has 3 rings (SSSR count). The molecule has 0 bridgehead atoms. The fourth-order valence-corrected chi connectivity index (χ4v) is 3.54. The lowest BCUT2D eigenvalue weighted by molar-refractivity contribution is 0.599. The second-order valence-corrected chi connectivity index (χ2v) is 7.34. The minimum atomic E-state index is -3.89.